The third-order valence-electron chi connectivity index (χ3n) is 3.37. The molecule has 2 aromatic carbocycles. The zero-order chi connectivity index (χ0) is 16.2. The minimum absolute atomic E-state index is 0.312. The summed E-state index contributed by atoms with van der Waals surface area (Å²) < 4.78 is 16.1. The van der Waals surface area contributed by atoms with Gasteiger partial charge >= 0.3 is 0 Å². The lowest BCUT2D eigenvalue weighted by molar-refractivity contribution is 0.629. The van der Waals surface area contributed by atoms with Crippen LogP contribution in [0.2, 0.25) is 0 Å². The van der Waals surface area contributed by atoms with Crippen molar-refractivity contribution in [2.75, 3.05) is 5.75 Å². The van der Waals surface area contributed by atoms with Crippen molar-refractivity contribution in [3.05, 3.63) is 72.6 Å². The highest BCUT2D eigenvalue weighted by Crippen LogP contribution is 2.29. The van der Waals surface area contributed by atoms with Gasteiger partial charge in [-0.1, -0.05) is 47.7 Å². The first-order chi connectivity index (χ1) is 11.2. The third kappa shape index (κ3) is 3.19. The van der Waals surface area contributed by atoms with E-state index in [2.05, 4.69) is 16.8 Å². The summed E-state index contributed by atoms with van der Waals surface area (Å²) in [6.45, 7) is 5.76. The number of halogens is 1. The summed E-state index contributed by atoms with van der Waals surface area (Å²) in [6, 6.07) is 14.6. The topological polar surface area (TPSA) is 30.7 Å². The van der Waals surface area contributed by atoms with Gasteiger partial charge in [-0.15, -0.1) is 16.8 Å². The van der Waals surface area contributed by atoms with Crippen LogP contribution in [-0.4, -0.2) is 20.5 Å². The van der Waals surface area contributed by atoms with Gasteiger partial charge in [-0.05, 0) is 31.2 Å². The van der Waals surface area contributed by atoms with Crippen molar-refractivity contribution in [1.82, 2.24) is 14.8 Å². The lowest BCUT2D eigenvalue weighted by Gasteiger charge is -2.10. The zero-order valence-corrected chi connectivity index (χ0v) is 13.6. The maximum atomic E-state index is 14.2. The largest absolute Gasteiger partial charge is 0.270 e. The molecule has 0 saturated heterocycles. The highest BCUT2D eigenvalue weighted by molar-refractivity contribution is 7.99. The Morgan fingerprint density at radius 3 is 2.57 bits per heavy atom. The molecule has 1 heterocycles. The Bertz CT molecular complexity index is 825. The molecule has 0 bridgehead atoms. The summed E-state index contributed by atoms with van der Waals surface area (Å²) in [5, 5.41) is 9.16. The molecule has 0 saturated carbocycles. The van der Waals surface area contributed by atoms with E-state index < -0.39 is 0 Å². The summed E-state index contributed by atoms with van der Waals surface area (Å²) in [7, 11) is 0. The van der Waals surface area contributed by atoms with Gasteiger partial charge in [-0.25, -0.2) is 4.39 Å². The molecule has 3 rings (SSSR count). The SMILES string of the molecule is C=CCSc1nnc(-c2ccccc2F)n1-c1ccc(C)cc1. The Morgan fingerprint density at radius 2 is 1.87 bits per heavy atom. The highest BCUT2D eigenvalue weighted by atomic mass is 32.2. The van der Waals surface area contributed by atoms with Gasteiger partial charge in [-0.2, -0.15) is 0 Å². The van der Waals surface area contributed by atoms with Gasteiger partial charge in [0.2, 0.25) is 0 Å². The van der Waals surface area contributed by atoms with Gasteiger partial charge in [0.05, 0.1) is 5.56 Å². The van der Waals surface area contributed by atoms with Crippen LogP contribution in [-0.2, 0) is 0 Å². The molecule has 0 aliphatic rings. The maximum absolute atomic E-state index is 14.2. The van der Waals surface area contributed by atoms with E-state index in [4.69, 9.17) is 0 Å². The Kier molecular flexibility index (Phi) is 4.57. The second kappa shape index (κ2) is 6.79. The quantitative estimate of drug-likeness (QED) is 0.505. The van der Waals surface area contributed by atoms with E-state index in [9.17, 15) is 4.39 Å². The van der Waals surface area contributed by atoms with E-state index in [0.717, 1.165) is 11.3 Å². The molecular weight excluding hydrogens is 309 g/mol. The Hall–Kier alpha value is -2.40. The first kappa shape index (κ1) is 15.5. The average molecular weight is 325 g/mol. The second-order valence-electron chi connectivity index (χ2n) is 5.06. The van der Waals surface area contributed by atoms with E-state index >= 15 is 0 Å². The van der Waals surface area contributed by atoms with Crippen LogP contribution in [0.3, 0.4) is 0 Å². The molecule has 5 heteroatoms. The Balaban J connectivity index is 2.17. The van der Waals surface area contributed by atoms with E-state index in [1.807, 2.05) is 41.8 Å². The number of thioether (sulfide) groups is 1. The minimum atomic E-state index is -0.312. The molecule has 23 heavy (non-hydrogen) atoms. The fourth-order valence-electron chi connectivity index (χ4n) is 2.24. The van der Waals surface area contributed by atoms with Gasteiger partial charge in [0.25, 0.3) is 0 Å². The Morgan fingerprint density at radius 1 is 1.13 bits per heavy atom. The average Bonchev–Trinajstić information content (AvgIpc) is 2.98. The second-order valence-corrected chi connectivity index (χ2v) is 6.04. The third-order valence-corrected chi connectivity index (χ3v) is 4.30. The van der Waals surface area contributed by atoms with E-state index in [1.54, 1.807) is 18.2 Å². The molecule has 0 N–H and O–H groups in total. The van der Waals surface area contributed by atoms with Gasteiger partial charge in [0, 0.05) is 11.4 Å². The summed E-state index contributed by atoms with van der Waals surface area (Å²) in [5.41, 5.74) is 2.51. The molecule has 0 amide bonds. The molecular formula is C18H16FN3S. The first-order valence-electron chi connectivity index (χ1n) is 7.22. The van der Waals surface area contributed by atoms with E-state index in [-0.39, 0.29) is 5.82 Å². The molecule has 3 nitrogen and oxygen atoms in total. The summed E-state index contributed by atoms with van der Waals surface area (Å²) in [6.07, 6.45) is 1.81. The van der Waals surface area contributed by atoms with E-state index in [0.29, 0.717) is 22.3 Å². The summed E-state index contributed by atoms with van der Waals surface area (Å²) in [4.78, 5) is 0. The fourth-order valence-corrected chi connectivity index (χ4v) is 2.93. The first-order valence-corrected chi connectivity index (χ1v) is 8.20. The van der Waals surface area contributed by atoms with Crippen molar-refractivity contribution in [3.8, 4) is 17.1 Å². The van der Waals surface area contributed by atoms with Crippen molar-refractivity contribution < 1.29 is 4.39 Å². The molecule has 0 unspecified atom stereocenters. The number of rotatable bonds is 5. The van der Waals surface area contributed by atoms with Gasteiger partial charge < -0.3 is 0 Å². The lowest BCUT2D eigenvalue weighted by Crippen LogP contribution is -2.01. The van der Waals surface area contributed by atoms with Crippen molar-refractivity contribution in [3.63, 3.8) is 0 Å². The van der Waals surface area contributed by atoms with Crippen molar-refractivity contribution in [2.45, 2.75) is 12.1 Å². The number of benzene rings is 2. The van der Waals surface area contributed by atoms with Crippen molar-refractivity contribution in [2.24, 2.45) is 0 Å². The van der Waals surface area contributed by atoms with Crippen LogP contribution in [0, 0.1) is 12.7 Å². The van der Waals surface area contributed by atoms with Crippen LogP contribution in [0.1, 0.15) is 5.56 Å². The molecule has 3 aromatic rings. The van der Waals surface area contributed by atoms with E-state index in [1.165, 1.54) is 17.8 Å². The van der Waals surface area contributed by atoms with Crippen LogP contribution in [0.4, 0.5) is 4.39 Å². The number of aryl methyl sites for hydroxylation is 1. The predicted octanol–water partition coefficient (Wildman–Crippen LogP) is 4.66. The van der Waals surface area contributed by atoms with Crippen LogP contribution in [0.25, 0.3) is 17.1 Å². The monoisotopic (exact) mass is 325 g/mol. The van der Waals surface area contributed by atoms with Crippen molar-refractivity contribution >= 4 is 11.8 Å². The van der Waals surface area contributed by atoms with Crippen molar-refractivity contribution in [1.29, 1.82) is 0 Å². The lowest BCUT2D eigenvalue weighted by atomic mass is 10.2. The highest BCUT2D eigenvalue weighted by Gasteiger charge is 2.18. The molecule has 0 radical (unpaired) electrons. The molecule has 0 aliphatic heterocycles. The van der Waals surface area contributed by atoms with Gasteiger partial charge in [-0.3, -0.25) is 4.57 Å². The normalized spacial score (nSPS) is 10.7. The number of hydrogen-bond acceptors (Lipinski definition) is 3. The minimum Gasteiger partial charge on any atom is -0.270 e. The van der Waals surface area contributed by atoms with Crippen LogP contribution in [0.5, 0.6) is 0 Å². The van der Waals surface area contributed by atoms with Gasteiger partial charge in [0.15, 0.2) is 11.0 Å². The predicted molar refractivity (Wildman–Crippen MR) is 92.4 cm³/mol. The van der Waals surface area contributed by atoms with Gasteiger partial charge in [0.1, 0.15) is 5.82 Å². The fraction of sp³-hybridized carbons (Fsp3) is 0.111. The maximum Gasteiger partial charge on any atom is 0.196 e. The number of nitrogens with zero attached hydrogens (tertiary/aromatic N) is 3. The molecule has 116 valence electrons. The summed E-state index contributed by atoms with van der Waals surface area (Å²) >= 11 is 1.52. The molecule has 0 fully saturated rings. The number of hydrogen-bond donors (Lipinski definition) is 0. The molecule has 0 spiro atoms. The Labute approximate surface area is 138 Å². The summed E-state index contributed by atoms with van der Waals surface area (Å²) in [5.74, 6) is 0.897. The zero-order valence-electron chi connectivity index (χ0n) is 12.7. The molecule has 1 aromatic heterocycles. The molecule has 0 aliphatic carbocycles. The van der Waals surface area contributed by atoms with Crippen LogP contribution < -0.4 is 0 Å². The standard InChI is InChI=1S/C18H16FN3S/c1-3-12-23-18-21-20-17(15-6-4-5-7-16(15)19)22(18)14-10-8-13(2)9-11-14/h3-11H,1,12H2,2H3. The number of aromatic nitrogens is 3. The van der Waals surface area contributed by atoms with Crippen LogP contribution >= 0.6 is 11.8 Å². The molecule has 0 atom stereocenters. The smallest absolute Gasteiger partial charge is 0.196 e. The van der Waals surface area contributed by atoms with Crippen LogP contribution in [0.15, 0.2) is 66.3 Å².